The molecule has 1 aromatic rings. The molecule has 0 aliphatic heterocycles. The number of alkyl halides is 6. The van der Waals surface area contributed by atoms with E-state index in [2.05, 4.69) is 0 Å². The zero-order chi connectivity index (χ0) is 13.4. The predicted molar refractivity (Wildman–Crippen MR) is 40.8 cm³/mol. The van der Waals surface area contributed by atoms with Crippen LogP contribution in [0.3, 0.4) is 0 Å². The summed E-state index contributed by atoms with van der Waals surface area (Å²) < 4.78 is 73.3. The van der Waals surface area contributed by atoms with Gasteiger partial charge in [-0.2, -0.15) is 26.3 Å². The van der Waals surface area contributed by atoms with Gasteiger partial charge in [0.15, 0.2) is 0 Å². The van der Waals surface area contributed by atoms with Gasteiger partial charge in [-0.1, -0.05) is 0 Å². The van der Waals surface area contributed by atoms with Gasteiger partial charge in [0.25, 0.3) is 0 Å². The molecule has 0 spiro atoms. The molecule has 0 fully saturated rings. The molecule has 0 amide bonds. The molecule has 0 radical (unpaired) electrons. The summed E-state index contributed by atoms with van der Waals surface area (Å²) in [6, 6.07) is 0.0155. The van der Waals surface area contributed by atoms with E-state index in [1.54, 1.807) is 0 Å². The Morgan fingerprint density at radius 1 is 0.889 bits per heavy atom. The maximum absolute atomic E-state index is 12.2. The molecular formula is C9H3F6KO2. The van der Waals surface area contributed by atoms with E-state index >= 15 is 0 Å². The Kier molecular flexibility index (Phi) is 5.88. The molecular weight excluding hydrogens is 293 g/mol. The number of rotatable bonds is 1. The second-order valence-electron chi connectivity index (χ2n) is 3.08. The van der Waals surface area contributed by atoms with Crippen LogP contribution >= 0.6 is 0 Å². The first-order valence-electron chi connectivity index (χ1n) is 4.02. The molecule has 0 atom stereocenters. The molecule has 0 N–H and O–H groups in total. The Balaban J connectivity index is 0.00000289. The van der Waals surface area contributed by atoms with Gasteiger partial charge in [0.05, 0.1) is 17.1 Å². The van der Waals surface area contributed by atoms with Gasteiger partial charge in [-0.25, -0.2) is 0 Å². The number of hydrogen-bond donors (Lipinski definition) is 0. The smallest absolute Gasteiger partial charge is 0.545 e. The van der Waals surface area contributed by atoms with Crippen LogP contribution in [0.4, 0.5) is 26.3 Å². The molecule has 0 heterocycles. The van der Waals surface area contributed by atoms with E-state index in [-0.39, 0.29) is 69.6 Å². The van der Waals surface area contributed by atoms with Crippen LogP contribution in [-0.2, 0) is 12.4 Å². The first kappa shape index (κ1) is 17.9. The minimum atomic E-state index is -5.06. The Morgan fingerprint density at radius 2 is 1.22 bits per heavy atom. The van der Waals surface area contributed by atoms with Crippen LogP contribution < -0.4 is 56.5 Å². The third kappa shape index (κ3) is 4.54. The van der Waals surface area contributed by atoms with Crippen molar-refractivity contribution < 1.29 is 87.6 Å². The van der Waals surface area contributed by atoms with E-state index in [9.17, 15) is 36.2 Å². The van der Waals surface area contributed by atoms with Gasteiger partial charge < -0.3 is 9.90 Å². The van der Waals surface area contributed by atoms with Crippen LogP contribution in [0.5, 0.6) is 0 Å². The molecule has 0 aliphatic rings. The Hall–Kier alpha value is -0.0936. The van der Waals surface area contributed by atoms with Gasteiger partial charge in [0, 0.05) is 0 Å². The number of carbonyl (C=O) groups is 1. The van der Waals surface area contributed by atoms with E-state index < -0.39 is 35.0 Å². The summed E-state index contributed by atoms with van der Waals surface area (Å²) in [6.45, 7) is 0. The van der Waals surface area contributed by atoms with Crippen molar-refractivity contribution in [3.63, 3.8) is 0 Å². The van der Waals surface area contributed by atoms with Crippen LogP contribution in [0.15, 0.2) is 18.2 Å². The zero-order valence-electron chi connectivity index (χ0n) is 8.82. The van der Waals surface area contributed by atoms with Crippen molar-refractivity contribution in [2.24, 2.45) is 0 Å². The number of aromatic carboxylic acids is 1. The molecule has 1 aromatic carbocycles. The fourth-order valence-corrected chi connectivity index (χ4v) is 1.07. The van der Waals surface area contributed by atoms with Crippen LogP contribution in [-0.4, -0.2) is 5.97 Å². The number of hydrogen-bond acceptors (Lipinski definition) is 2. The van der Waals surface area contributed by atoms with Crippen molar-refractivity contribution in [2.45, 2.75) is 12.4 Å². The van der Waals surface area contributed by atoms with Gasteiger partial charge in [0.1, 0.15) is 0 Å². The topological polar surface area (TPSA) is 40.1 Å². The summed E-state index contributed by atoms with van der Waals surface area (Å²) >= 11 is 0. The molecule has 18 heavy (non-hydrogen) atoms. The van der Waals surface area contributed by atoms with Crippen molar-refractivity contribution in [3.8, 4) is 0 Å². The second-order valence-corrected chi connectivity index (χ2v) is 3.08. The summed E-state index contributed by atoms with van der Waals surface area (Å²) in [5, 5.41) is 10.3. The van der Waals surface area contributed by atoms with Gasteiger partial charge >= 0.3 is 63.7 Å². The van der Waals surface area contributed by atoms with Gasteiger partial charge in [-0.3, -0.25) is 0 Å². The van der Waals surface area contributed by atoms with Crippen molar-refractivity contribution in [2.75, 3.05) is 0 Å². The summed E-state index contributed by atoms with van der Waals surface area (Å²) in [7, 11) is 0. The third-order valence-electron chi connectivity index (χ3n) is 1.82. The average molecular weight is 296 g/mol. The van der Waals surface area contributed by atoms with E-state index in [0.29, 0.717) is 0 Å². The maximum atomic E-state index is 12.2. The number of carboxylic acids is 1. The SMILES string of the molecule is O=C([O-])c1cc(C(F)(F)F)cc(C(F)(F)F)c1.[K+]. The van der Waals surface area contributed by atoms with Crippen LogP contribution in [0.1, 0.15) is 21.5 Å². The minimum absolute atomic E-state index is 0. The summed E-state index contributed by atoms with van der Waals surface area (Å²) in [4.78, 5) is 10.3. The predicted octanol–water partition coefficient (Wildman–Crippen LogP) is -0.908. The fourth-order valence-electron chi connectivity index (χ4n) is 1.07. The molecule has 94 valence electrons. The number of benzene rings is 1. The molecule has 0 unspecified atom stereocenters. The third-order valence-corrected chi connectivity index (χ3v) is 1.82. The molecule has 2 nitrogen and oxygen atoms in total. The van der Waals surface area contributed by atoms with E-state index in [0.717, 1.165) is 0 Å². The Labute approximate surface area is 139 Å². The molecule has 9 heteroatoms. The average Bonchev–Trinajstić information content (AvgIpc) is 2.14. The summed E-state index contributed by atoms with van der Waals surface area (Å²) in [5.41, 5.74) is -4.55. The van der Waals surface area contributed by atoms with E-state index in [4.69, 9.17) is 0 Å². The Bertz CT molecular complexity index is 419. The van der Waals surface area contributed by atoms with Gasteiger partial charge in [0.2, 0.25) is 0 Å². The standard InChI is InChI=1S/C9H4F6O2.K/c10-8(11,12)5-1-4(7(16)17)2-6(3-5)9(13,14)15;/h1-3H,(H,16,17);/q;+1/p-1. The molecule has 1 rings (SSSR count). The van der Waals surface area contributed by atoms with Gasteiger partial charge in [-0.15, -0.1) is 0 Å². The number of carboxylic acid groups (broad SMARTS) is 1. The summed E-state index contributed by atoms with van der Waals surface area (Å²) in [6.07, 6.45) is -10.1. The summed E-state index contributed by atoms with van der Waals surface area (Å²) in [5.74, 6) is -2.11. The van der Waals surface area contributed by atoms with Crippen LogP contribution in [0, 0.1) is 0 Å². The number of halogens is 6. The van der Waals surface area contributed by atoms with Crippen molar-refractivity contribution in [1.82, 2.24) is 0 Å². The zero-order valence-corrected chi connectivity index (χ0v) is 11.9. The quantitative estimate of drug-likeness (QED) is 0.497. The molecule has 0 aliphatic carbocycles. The second kappa shape index (κ2) is 5.91. The molecule has 0 bridgehead atoms. The molecule has 0 aromatic heterocycles. The molecule has 0 saturated heterocycles. The normalized spacial score (nSPS) is 11.9. The number of carbonyl (C=O) groups excluding carboxylic acids is 1. The largest absolute Gasteiger partial charge is 1.00 e. The maximum Gasteiger partial charge on any atom is 1.00 e. The fraction of sp³-hybridized carbons (Fsp3) is 0.222. The van der Waals surface area contributed by atoms with Crippen LogP contribution in [0.2, 0.25) is 0 Å². The first-order chi connectivity index (χ1) is 7.51. The monoisotopic (exact) mass is 296 g/mol. The first-order valence-corrected chi connectivity index (χ1v) is 4.02. The van der Waals surface area contributed by atoms with E-state index in [1.165, 1.54) is 0 Å². The van der Waals surface area contributed by atoms with Crippen molar-refractivity contribution in [3.05, 3.63) is 34.9 Å². The van der Waals surface area contributed by atoms with Crippen molar-refractivity contribution >= 4 is 5.97 Å². The van der Waals surface area contributed by atoms with E-state index in [1.807, 2.05) is 0 Å². The molecule has 0 saturated carbocycles. The van der Waals surface area contributed by atoms with Crippen molar-refractivity contribution in [1.29, 1.82) is 0 Å². The van der Waals surface area contributed by atoms with Crippen LogP contribution in [0.25, 0.3) is 0 Å². The minimum Gasteiger partial charge on any atom is -0.545 e. The van der Waals surface area contributed by atoms with Gasteiger partial charge in [-0.05, 0) is 23.8 Å². The Morgan fingerprint density at radius 3 is 1.44 bits per heavy atom.